The number of carbonyl (C=O) groups excluding carboxylic acids is 1. The largest absolute Gasteiger partial charge is 0.481 e. The van der Waals surface area contributed by atoms with Crippen LogP contribution in [0.4, 0.5) is 0 Å². The number of ketones is 1. The second-order valence-corrected chi connectivity index (χ2v) is 5.22. The summed E-state index contributed by atoms with van der Waals surface area (Å²) in [5.74, 6) is -1.94. The van der Waals surface area contributed by atoms with Crippen LogP contribution in [0, 0.1) is 0 Å². The van der Waals surface area contributed by atoms with Crippen molar-refractivity contribution in [3.05, 3.63) is 64.4 Å². The zero-order valence-electron chi connectivity index (χ0n) is 10.5. The number of benzene rings is 1. The van der Waals surface area contributed by atoms with Crippen LogP contribution in [0.1, 0.15) is 28.3 Å². The highest BCUT2D eigenvalue weighted by atomic mass is 79.9. The maximum atomic E-state index is 12.5. The third-order valence-electron chi connectivity index (χ3n) is 2.91. The van der Waals surface area contributed by atoms with Gasteiger partial charge in [0.15, 0.2) is 5.78 Å². The van der Waals surface area contributed by atoms with Gasteiger partial charge in [0.2, 0.25) is 0 Å². The zero-order valence-corrected chi connectivity index (χ0v) is 12.1. The maximum Gasteiger partial charge on any atom is 0.304 e. The molecule has 0 spiro atoms. The fraction of sp³-hybridized carbons (Fsp3) is 0.133. The van der Waals surface area contributed by atoms with Gasteiger partial charge in [-0.05, 0) is 29.8 Å². The number of aliphatic carboxylic acids is 1. The minimum Gasteiger partial charge on any atom is -0.481 e. The third-order valence-corrected chi connectivity index (χ3v) is 3.44. The first kappa shape index (κ1) is 14.4. The topological polar surface area (TPSA) is 67.3 Å². The van der Waals surface area contributed by atoms with E-state index in [0.717, 1.165) is 4.47 Å². The van der Waals surface area contributed by atoms with E-state index in [4.69, 9.17) is 5.11 Å². The first-order chi connectivity index (χ1) is 9.58. The van der Waals surface area contributed by atoms with E-state index in [1.54, 1.807) is 42.6 Å². The van der Waals surface area contributed by atoms with E-state index in [9.17, 15) is 9.59 Å². The molecule has 1 unspecified atom stereocenters. The van der Waals surface area contributed by atoms with Crippen molar-refractivity contribution < 1.29 is 14.7 Å². The van der Waals surface area contributed by atoms with E-state index in [1.165, 1.54) is 6.20 Å². The number of hydrogen-bond donors (Lipinski definition) is 1. The molecule has 0 saturated heterocycles. The van der Waals surface area contributed by atoms with E-state index in [1.807, 2.05) is 0 Å². The average molecular weight is 334 g/mol. The van der Waals surface area contributed by atoms with Crippen LogP contribution in [0.2, 0.25) is 0 Å². The van der Waals surface area contributed by atoms with Gasteiger partial charge >= 0.3 is 5.97 Å². The lowest BCUT2D eigenvalue weighted by atomic mass is 9.88. The molecule has 0 fully saturated rings. The smallest absolute Gasteiger partial charge is 0.304 e. The number of aromatic nitrogens is 1. The van der Waals surface area contributed by atoms with Crippen LogP contribution < -0.4 is 0 Å². The highest BCUT2D eigenvalue weighted by Gasteiger charge is 2.24. The van der Waals surface area contributed by atoms with Gasteiger partial charge in [-0.1, -0.05) is 28.1 Å². The van der Waals surface area contributed by atoms with Gasteiger partial charge in [-0.2, -0.15) is 0 Å². The Balaban J connectivity index is 2.35. The molecule has 4 nitrogen and oxygen atoms in total. The Morgan fingerprint density at radius 2 is 1.90 bits per heavy atom. The zero-order chi connectivity index (χ0) is 14.5. The van der Waals surface area contributed by atoms with Crippen molar-refractivity contribution >= 4 is 27.7 Å². The van der Waals surface area contributed by atoms with Gasteiger partial charge < -0.3 is 5.11 Å². The minimum atomic E-state index is -1.00. The van der Waals surface area contributed by atoms with Crippen LogP contribution >= 0.6 is 15.9 Å². The van der Waals surface area contributed by atoms with E-state index >= 15 is 0 Å². The molecule has 0 aliphatic carbocycles. The molecule has 5 heteroatoms. The lowest BCUT2D eigenvalue weighted by Gasteiger charge is -2.14. The number of halogens is 1. The second kappa shape index (κ2) is 6.43. The van der Waals surface area contributed by atoms with Crippen LogP contribution in [0.3, 0.4) is 0 Å². The van der Waals surface area contributed by atoms with E-state index in [-0.39, 0.29) is 12.2 Å². The molecule has 1 aromatic carbocycles. The van der Waals surface area contributed by atoms with Crippen LogP contribution in [0.15, 0.2) is 53.3 Å². The van der Waals surface area contributed by atoms with Crippen LogP contribution in [-0.4, -0.2) is 21.8 Å². The lowest BCUT2D eigenvalue weighted by molar-refractivity contribution is -0.137. The number of carboxylic acids is 1. The number of nitrogens with zero attached hydrogens (tertiary/aromatic N) is 1. The monoisotopic (exact) mass is 333 g/mol. The summed E-state index contributed by atoms with van der Waals surface area (Å²) in [6.45, 7) is 0. The van der Waals surface area contributed by atoms with Crippen molar-refractivity contribution in [1.29, 1.82) is 0 Å². The molecule has 102 valence electrons. The molecule has 0 aliphatic heterocycles. The van der Waals surface area contributed by atoms with E-state index < -0.39 is 11.9 Å². The van der Waals surface area contributed by atoms with Crippen molar-refractivity contribution in [1.82, 2.24) is 4.98 Å². The predicted molar refractivity (Wildman–Crippen MR) is 77.7 cm³/mol. The maximum absolute atomic E-state index is 12.5. The average Bonchev–Trinajstić information content (AvgIpc) is 2.46. The number of hydrogen-bond acceptors (Lipinski definition) is 3. The molecule has 0 aliphatic rings. The molecular formula is C15H12BrNO3. The van der Waals surface area contributed by atoms with Crippen LogP contribution in [-0.2, 0) is 4.79 Å². The Hall–Kier alpha value is -2.01. The molecule has 2 aromatic rings. The van der Waals surface area contributed by atoms with Crippen molar-refractivity contribution in [2.75, 3.05) is 0 Å². The van der Waals surface area contributed by atoms with Gasteiger partial charge in [0.1, 0.15) is 0 Å². The quantitative estimate of drug-likeness (QED) is 0.852. The fourth-order valence-corrected chi connectivity index (χ4v) is 2.21. The molecule has 0 radical (unpaired) electrons. The number of rotatable bonds is 5. The normalized spacial score (nSPS) is 11.8. The number of pyridine rings is 1. The first-order valence-electron chi connectivity index (χ1n) is 5.99. The van der Waals surface area contributed by atoms with Crippen LogP contribution in [0.5, 0.6) is 0 Å². The summed E-state index contributed by atoms with van der Waals surface area (Å²) < 4.78 is 0.879. The molecule has 1 N–H and O–H groups in total. The van der Waals surface area contributed by atoms with Gasteiger partial charge in [0.25, 0.3) is 0 Å². The van der Waals surface area contributed by atoms with E-state index in [0.29, 0.717) is 11.1 Å². The highest BCUT2D eigenvalue weighted by Crippen LogP contribution is 2.25. The third kappa shape index (κ3) is 3.51. The molecule has 0 saturated carbocycles. The summed E-state index contributed by atoms with van der Waals surface area (Å²) >= 11 is 3.32. The van der Waals surface area contributed by atoms with Crippen molar-refractivity contribution in [2.24, 2.45) is 0 Å². The molecular weight excluding hydrogens is 322 g/mol. The number of Topliss-reactive ketones (excluding diaryl/α,β-unsaturated/α-hetero) is 1. The predicted octanol–water partition coefficient (Wildman–Crippen LogP) is 3.29. The summed E-state index contributed by atoms with van der Waals surface area (Å²) in [4.78, 5) is 27.4. The molecule has 1 aromatic heterocycles. The highest BCUT2D eigenvalue weighted by molar-refractivity contribution is 9.10. The summed E-state index contributed by atoms with van der Waals surface area (Å²) in [7, 11) is 0. The van der Waals surface area contributed by atoms with Gasteiger partial charge in [0.05, 0.1) is 12.3 Å². The first-order valence-corrected chi connectivity index (χ1v) is 6.78. The van der Waals surface area contributed by atoms with Gasteiger partial charge in [-0.15, -0.1) is 0 Å². The Bertz CT molecular complexity index is 611. The summed E-state index contributed by atoms with van der Waals surface area (Å²) in [6.07, 6.45) is 2.79. The molecule has 1 atom stereocenters. The van der Waals surface area contributed by atoms with E-state index in [2.05, 4.69) is 20.9 Å². The second-order valence-electron chi connectivity index (χ2n) is 4.31. The Labute approximate surface area is 124 Å². The van der Waals surface area contributed by atoms with Crippen LogP contribution in [0.25, 0.3) is 0 Å². The molecule has 2 rings (SSSR count). The Kier molecular flexibility index (Phi) is 4.63. The fourth-order valence-electron chi connectivity index (χ4n) is 1.94. The van der Waals surface area contributed by atoms with Gasteiger partial charge in [-0.3, -0.25) is 14.6 Å². The minimum absolute atomic E-state index is 0.233. The van der Waals surface area contributed by atoms with Crippen molar-refractivity contribution in [3.63, 3.8) is 0 Å². The number of carboxylic acid groups (broad SMARTS) is 1. The standard InChI is InChI=1S/C15H12BrNO3/c16-12-5-3-10(4-6-12)13(8-14(18)19)15(20)11-2-1-7-17-9-11/h1-7,9,13H,8H2,(H,18,19). The van der Waals surface area contributed by atoms with Crippen molar-refractivity contribution in [2.45, 2.75) is 12.3 Å². The lowest BCUT2D eigenvalue weighted by Crippen LogP contribution is -2.17. The van der Waals surface area contributed by atoms with Gasteiger partial charge in [0, 0.05) is 22.4 Å². The number of carbonyl (C=O) groups is 2. The van der Waals surface area contributed by atoms with Crippen molar-refractivity contribution in [3.8, 4) is 0 Å². The Morgan fingerprint density at radius 3 is 2.45 bits per heavy atom. The Morgan fingerprint density at radius 1 is 1.20 bits per heavy atom. The molecule has 1 heterocycles. The SMILES string of the molecule is O=C(O)CC(C(=O)c1cccnc1)c1ccc(Br)cc1. The molecule has 0 bridgehead atoms. The summed E-state index contributed by atoms with van der Waals surface area (Å²) in [5.41, 5.74) is 1.10. The molecule has 0 amide bonds. The summed E-state index contributed by atoms with van der Waals surface area (Å²) in [6, 6.07) is 10.4. The van der Waals surface area contributed by atoms with Gasteiger partial charge in [-0.25, -0.2) is 0 Å². The molecule has 20 heavy (non-hydrogen) atoms. The summed E-state index contributed by atoms with van der Waals surface area (Å²) in [5, 5.41) is 9.02.